The first kappa shape index (κ1) is 16.1. The summed E-state index contributed by atoms with van der Waals surface area (Å²) in [4.78, 5) is 11.8. The lowest BCUT2D eigenvalue weighted by atomic mass is 10.1. The number of benzene rings is 2. The summed E-state index contributed by atoms with van der Waals surface area (Å²) in [5, 5.41) is 2.89. The van der Waals surface area contributed by atoms with E-state index in [-0.39, 0.29) is 5.91 Å². The number of hydrogen-bond acceptors (Lipinski definition) is 2. The Hall–Kier alpha value is -2.29. The molecule has 0 unspecified atom stereocenters. The summed E-state index contributed by atoms with van der Waals surface area (Å²) < 4.78 is 5.72. The summed E-state index contributed by atoms with van der Waals surface area (Å²) in [5.74, 6) is 0.951. The van der Waals surface area contributed by atoms with Gasteiger partial charge in [0.25, 0.3) is 0 Å². The molecule has 1 amide bonds. The Labute approximate surface area is 132 Å². The highest BCUT2D eigenvalue weighted by molar-refractivity contribution is 5.76. The number of carbonyl (C=O) groups is 1. The van der Waals surface area contributed by atoms with Gasteiger partial charge in [-0.2, -0.15) is 0 Å². The second-order valence-electron chi connectivity index (χ2n) is 5.38. The van der Waals surface area contributed by atoms with Crippen LogP contribution >= 0.6 is 0 Å². The first-order valence-electron chi connectivity index (χ1n) is 7.66. The highest BCUT2D eigenvalue weighted by Gasteiger charge is 2.03. The van der Waals surface area contributed by atoms with Crippen molar-refractivity contribution in [3.8, 4) is 5.75 Å². The third-order valence-corrected chi connectivity index (χ3v) is 3.72. The molecule has 0 aliphatic carbocycles. The number of ether oxygens (including phenoxy) is 1. The molecule has 116 valence electrons. The zero-order valence-electron chi connectivity index (χ0n) is 13.3. The van der Waals surface area contributed by atoms with E-state index in [9.17, 15) is 4.79 Å². The maximum Gasteiger partial charge on any atom is 0.220 e. The zero-order valence-corrected chi connectivity index (χ0v) is 13.3. The van der Waals surface area contributed by atoms with Crippen LogP contribution in [0.15, 0.2) is 48.5 Å². The Morgan fingerprint density at radius 2 is 1.82 bits per heavy atom. The van der Waals surface area contributed by atoms with Crippen LogP contribution in [0.4, 0.5) is 0 Å². The summed E-state index contributed by atoms with van der Waals surface area (Å²) in [5.41, 5.74) is 3.55. The van der Waals surface area contributed by atoms with Gasteiger partial charge in [-0.15, -0.1) is 0 Å². The highest BCUT2D eigenvalue weighted by atomic mass is 16.5. The Kier molecular flexibility index (Phi) is 6.01. The van der Waals surface area contributed by atoms with Gasteiger partial charge in [-0.3, -0.25) is 4.79 Å². The molecule has 2 aromatic carbocycles. The first-order chi connectivity index (χ1) is 10.7. The van der Waals surface area contributed by atoms with Gasteiger partial charge in [0, 0.05) is 6.42 Å². The molecule has 0 aromatic heterocycles. The fourth-order valence-corrected chi connectivity index (χ4v) is 2.22. The van der Waals surface area contributed by atoms with Crippen LogP contribution in [0.2, 0.25) is 0 Å². The molecular formula is C19H23NO2. The van der Waals surface area contributed by atoms with Gasteiger partial charge >= 0.3 is 0 Å². The van der Waals surface area contributed by atoms with Crippen LogP contribution in [-0.2, 0) is 11.2 Å². The van der Waals surface area contributed by atoms with Crippen LogP contribution in [-0.4, -0.2) is 19.1 Å². The molecule has 2 aromatic rings. The van der Waals surface area contributed by atoms with Crippen LogP contribution in [0.25, 0.3) is 0 Å². The smallest absolute Gasteiger partial charge is 0.220 e. The molecule has 1 N–H and O–H groups in total. The SMILES string of the molecule is Cc1cccc(OCCNC(=O)CCc2ccccc2)c1C. The van der Waals surface area contributed by atoms with Crippen LogP contribution < -0.4 is 10.1 Å². The predicted octanol–water partition coefficient (Wildman–Crippen LogP) is 3.43. The van der Waals surface area contributed by atoms with Gasteiger partial charge in [-0.25, -0.2) is 0 Å². The van der Waals surface area contributed by atoms with Gasteiger partial charge in [0.1, 0.15) is 12.4 Å². The lowest BCUT2D eigenvalue weighted by Gasteiger charge is -2.11. The van der Waals surface area contributed by atoms with Crippen molar-refractivity contribution >= 4 is 5.91 Å². The van der Waals surface area contributed by atoms with Crippen molar-refractivity contribution < 1.29 is 9.53 Å². The number of aryl methyl sites for hydroxylation is 2. The van der Waals surface area contributed by atoms with E-state index < -0.39 is 0 Å². The summed E-state index contributed by atoms with van der Waals surface area (Å²) in [6.07, 6.45) is 1.28. The fourth-order valence-electron chi connectivity index (χ4n) is 2.22. The van der Waals surface area contributed by atoms with E-state index in [1.807, 2.05) is 49.4 Å². The number of amides is 1. The minimum Gasteiger partial charge on any atom is -0.491 e. The molecule has 0 radical (unpaired) electrons. The number of hydrogen-bond donors (Lipinski definition) is 1. The number of carbonyl (C=O) groups excluding carboxylic acids is 1. The molecule has 0 aliphatic rings. The third kappa shape index (κ3) is 4.92. The first-order valence-corrected chi connectivity index (χ1v) is 7.66. The minimum absolute atomic E-state index is 0.0633. The van der Waals surface area contributed by atoms with Crippen molar-refractivity contribution in [1.82, 2.24) is 5.32 Å². The lowest BCUT2D eigenvalue weighted by molar-refractivity contribution is -0.121. The van der Waals surface area contributed by atoms with Crippen molar-refractivity contribution in [2.75, 3.05) is 13.2 Å². The van der Waals surface area contributed by atoms with E-state index in [0.29, 0.717) is 19.6 Å². The average molecular weight is 297 g/mol. The summed E-state index contributed by atoms with van der Waals surface area (Å²) >= 11 is 0. The largest absolute Gasteiger partial charge is 0.491 e. The summed E-state index contributed by atoms with van der Waals surface area (Å²) in [7, 11) is 0. The number of nitrogens with one attached hydrogen (secondary N) is 1. The number of rotatable bonds is 7. The zero-order chi connectivity index (χ0) is 15.8. The van der Waals surface area contributed by atoms with Gasteiger partial charge in [0.2, 0.25) is 5.91 Å². The van der Waals surface area contributed by atoms with Crippen molar-refractivity contribution in [2.45, 2.75) is 26.7 Å². The molecule has 2 rings (SSSR count). The van der Waals surface area contributed by atoms with E-state index >= 15 is 0 Å². The van der Waals surface area contributed by atoms with E-state index in [2.05, 4.69) is 18.3 Å². The second-order valence-corrected chi connectivity index (χ2v) is 5.38. The van der Waals surface area contributed by atoms with Crippen LogP contribution in [0.5, 0.6) is 5.75 Å². The van der Waals surface area contributed by atoms with E-state index in [4.69, 9.17) is 4.74 Å². The fraction of sp³-hybridized carbons (Fsp3) is 0.316. The Morgan fingerprint density at radius 1 is 1.05 bits per heavy atom. The van der Waals surface area contributed by atoms with E-state index in [1.54, 1.807) is 0 Å². The van der Waals surface area contributed by atoms with E-state index in [1.165, 1.54) is 11.1 Å². The highest BCUT2D eigenvalue weighted by Crippen LogP contribution is 2.20. The topological polar surface area (TPSA) is 38.3 Å². The van der Waals surface area contributed by atoms with Crippen molar-refractivity contribution in [2.24, 2.45) is 0 Å². The second kappa shape index (κ2) is 8.23. The molecular weight excluding hydrogens is 274 g/mol. The Balaban J connectivity index is 1.66. The van der Waals surface area contributed by atoms with Gasteiger partial charge < -0.3 is 10.1 Å². The Bertz CT molecular complexity index is 608. The monoisotopic (exact) mass is 297 g/mol. The van der Waals surface area contributed by atoms with Gasteiger partial charge in [-0.05, 0) is 43.0 Å². The standard InChI is InChI=1S/C19H23NO2/c1-15-7-6-10-18(16(15)2)22-14-13-20-19(21)12-11-17-8-4-3-5-9-17/h3-10H,11-14H2,1-2H3,(H,20,21). The lowest BCUT2D eigenvalue weighted by Crippen LogP contribution is -2.28. The van der Waals surface area contributed by atoms with Crippen molar-refractivity contribution in [1.29, 1.82) is 0 Å². The molecule has 3 nitrogen and oxygen atoms in total. The van der Waals surface area contributed by atoms with E-state index in [0.717, 1.165) is 17.7 Å². The van der Waals surface area contributed by atoms with Crippen LogP contribution in [0, 0.1) is 13.8 Å². The molecule has 3 heteroatoms. The maximum absolute atomic E-state index is 11.8. The van der Waals surface area contributed by atoms with Crippen molar-refractivity contribution in [3.63, 3.8) is 0 Å². The maximum atomic E-state index is 11.8. The Morgan fingerprint density at radius 3 is 2.59 bits per heavy atom. The van der Waals surface area contributed by atoms with Crippen molar-refractivity contribution in [3.05, 3.63) is 65.2 Å². The molecule has 0 spiro atoms. The average Bonchev–Trinajstić information content (AvgIpc) is 2.54. The normalized spacial score (nSPS) is 10.3. The molecule has 0 saturated heterocycles. The van der Waals surface area contributed by atoms with Gasteiger partial charge in [-0.1, -0.05) is 42.5 Å². The van der Waals surface area contributed by atoms with Crippen LogP contribution in [0.1, 0.15) is 23.1 Å². The van der Waals surface area contributed by atoms with Gasteiger partial charge in [0.15, 0.2) is 0 Å². The summed E-state index contributed by atoms with van der Waals surface area (Å²) in [6, 6.07) is 16.0. The molecule has 0 aliphatic heterocycles. The molecule has 22 heavy (non-hydrogen) atoms. The molecule has 0 fully saturated rings. The summed E-state index contributed by atoms with van der Waals surface area (Å²) in [6.45, 7) is 5.12. The van der Waals surface area contributed by atoms with Crippen LogP contribution in [0.3, 0.4) is 0 Å². The third-order valence-electron chi connectivity index (χ3n) is 3.72. The van der Waals surface area contributed by atoms with Gasteiger partial charge in [0.05, 0.1) is 6.54 Å². The molecule has 0 bridgehead atoms. The molecule has 0 heterocycles. The molecule has 0 saturated carbocycles. The quantitative estimate of drug-likeness (QED) is 0.795. The minimum atomic E-state index is 0.0633. The molecule has 0 atom stereocenters. The predicted molar refractivity (Wildman–Crippen MR) is 89.2 cm³/mol.